The Labute approximate surface area is 157 Å². The van der Waals surface area contributed by atoms with Crippen LogP contribution in [-0.4, -0.2) is 21.6 Å². The number of para-hydroxylation sites is 2. The summed E-state index contributed by atoms with van der Waals surface area (Å²) in [6, 6.07) is 7.10. The second kappa shape index (κ2) is 8.66. The van der Waals surface area contributed by atoms with Gasteiger partial charge in [-0.05, 0) is 44.2 Å². The Morgan fingerprint density at radius 3 is 2.48 bits per heavy atom. The van der Waals surface area contributed by atoms with Gasteiger partial charge in [-0.15, -0.1) is 6.58 Å². The van der Waals surface area contributed by atoms with Crippen LogP contribution in [0.5, 0.6) is 0 Å². The molecule has 3 rings (SSSR count). The Morgan fingerprint density at radius 2 is 1.81 bits per heavy atom. The number of benzene rings is 1. The minimum absolute atomic E-state index is 0.164. The van der Waals surface area contributed by atoms with Gasteiger partial charge in [-0.1, -0.05) is 29.9 Å². The molecule has 6 heteroatoms. The molecule has 0 saturated carbocycles. The molecule has 0 unspecified atom stereocenters. The van der Waals surface area contributed by atoms with Gasteiger partial charge in [0.1, 0.15) is 6.54 Å². The van der Waals surface area contributed by atoms with Gasteiger partial charge in [-0.25, -0.2) is 0 Å². The quantitative estimate of drug-likeness (QED) is 0.603. The van der Waals surface area contributed by atoms with Crippen LogP contribution < -0.4 is 16.4 Å². The Bertz CT molecular complexity index is 998. The topological polar surface area (TPSA) is 73.1 Å². The van der Waals surface area contributed by atoms with E-state index >= 15 is 0 Å². The highest BCUT2D eigenvalue weighted by atomic mass is 16.2. The molecule has 1 N–H and O–H groups in total. The zero-order valence-electron chi connectivity index (χ0n) is 15.4. The molecule has 1 amide bonds. The fourth-order valence-corrected chi connectivity index (χ4v) is 3.53. The molecule has 0 bridgehead atoms. The highest BCUT2D eigenvalue weighted by Crippen LogP contribution is 2.19. The zero-order valence-corrected chi connectivity index (χ0v) is 15.4. The average Bonchev–Trinajstić information content (AvgIpc) is 2.69. The van der Waals surface area contributed by atoms with Crippen molar-refractivity contribution in [3.05, 3.63) is 69.3 Å². The number of hydrogen-bond donors (Lipinski definition) is 1. The third-order valence-electron chi connectivity index (χ3n) is 4.90. The summed E-state index contributed by atoms with van der Waals surface area (Å²) in [7, 11) is 0. The van der Waals surface area contributed by atoms with E-state index in [2.05, 4.69) is 18.0 Å². The first-order valence-corrected chi connectivity index (χ1v) is 9.39. The minimum Gasteiger partial charge on any atom is -0.354 e. The van der Waals surface area contributed by atoms with Crippen LogP contribution in [0.2, 0.25) is 0 Å². The monoisotopic (exact) mass is 367 g/mol. The van der Waals surface area contributed by atoms with Crippen LogP contribution in [0.1, 0.15) is 32.1 Å². The van der Waals surface area contributed by atoms with Gasteiger partial charge in [0.15, 0.2) is 0 Å². The van der Waals surface area contributed by atoms with Gasteiger partial charge in [0, 0.05) is 13.1 Å². The SMILES string of the molecule is C=CCn1c(=O)c(=O)n(CC(=O)NCCC2=CCCCC2)c2ccccc21. The maximum atomic E-state index is 12.5. The summed E-state index contributed by atoms with van der Waals surface area (Å²) in [4.78, 5) is 37.3. The molecule has 27 heavy (non-hydrogen) atoms. The van der Waals surface area contributed by atoms with Gasteiger partial charge < -0.3 is 5.32 Å². The van der Waals surface area contributed by atoms with Crippen LogP contribution in [-0.2, 0) is 17.9 Å². The van der Waals surface area contributed by atoms with Crippen LogP contribution in [0.15, 0.2) is 58.2 Å². The second-order valence-corrected chi connectivity index (χ2v) is 6.79. The van der Waals surface area contributed by atoms with Crippen molar-refractivity contribution in [2.24, 2.45) is 0 Å². The first-order chi connectivity index (χ1) is 13.1. The van der Waals surface area contributed by atoms with E-state index in [4.69, 9.17) is 0 Å². The molecule has 0 saturated heterocycles. The lowest BCUT2D eigenvalue weighted by Gasteiger charge is -2.15. The van der Waals surface area contributed by atoms with Gasteiger partial charge in [0.25, 0.3) is 0 Å². The molecule has 1 aromatic heterocycles. The van der Waals surface area contributed by atoms with Crippen LogP contribution in [0, 0.1) is 0 Å². The predicted molar refractivity (Wildman–Crippen MR) is 107 cm³/mol. The molecular weight excluding hydrogens is 342 g/mol. The van der Waals surface area contributed by atoms with Crippen molar-refractivity contribution in [3.8, 4) is 0 Å². The Hall–Kier alpha value is -2.89. The number of fused-ring (bicyclic) bond motifs is 1. The van der Waals surface area contributed by atoms with E-state index in [1.807, 2.05) is 0 Å². The lowest BCUT2D eigenvalue weighted by Crippen LogP contribution is -2.43. The molecule has 6 nitrogen and oxygen atoms in total. The second-order valence-electron chi connectivity index (χ2n) is 6.79. The fraction of sp³-hybridized carbons (Fsp3) is 0.381. The molecule has 142 valence electrons. The highest BCUT2D eigenvalue weighted by Gasteiger charge is 2.14. The van der Waals surface area contributed by atoms with E-state index in [0.717, 1.165) is 19.3 Å². The molecule has 0 atom stereocenters. The van der Waals surface area contributed by atoms with Crippen molar-refractivity contribution in [1.82, 2.24) is 14.5 Å². The van der Waals surface area contributed by atoms with E-state index < -0.39 is 11.1 Å². The predicted octanol–water partition coefficient (Wildman–Crippen LogP) is 2.36. The zero-order chi connectivity index (χ0) is 19.2. The number of amides is 1. The molecule has 2 aromatic rings. The van der Waals surface area contributed by atoms with Gasteiger partial charge in [0.05, 0.1) is 11.0 Å². The number of nitrogens with zero attached hydrogens (tertiary/aromatic N) is 2. The maximum Gasteiger partial charge on any atom is 0.317 e. The van der Waals surface area contributed by atoms with Crippen molar-refractivity contribution in [1.29, 1.82) is 0 Å². The largest absolute Gasteiger partial charge is 0.354 e. The van der Waals surface area contributed by atoms with Crippen molar-refractivity contribution >= 4 is 16.9 Å². The number of hydrogen-bond acceptors (Lipinski definition) is 3. The Kier molecular flexibility index (Phi) is 6.06. The third-order valence-corrected chi connectivity index (χ3v) is 4.90. The van der Waals surface area contributed by atoms with Crippen LogP contribution in [0.3, 0.4) is 0 Å². The molecule has 0 aliphatic heterocycles. The standard InChI is InChI=1S/C21H25N3O3/c1-2-14-23-17-10-6-7-11-18(17)24(21(27)20(23)26)15-19(25)22-13-12-16-8-4-3-5-9-16/h2,6-8,10-11H,1,3-5,9,12-15H2,(H,22,25). The average molecular weight is 367 g/mol. The van der Waals surface area contributed by atoms with Crippen LogP contribution >= 0.6 is 0 Å². The smallest absolute Gasteiger partial charge is 0.317 e. The summed E-state index contributed by atoms with van der Waals surface area (Å²) in [5, 5.41) is 2.87. The Balaban J connectivity index is 1.79. The number of allylic oxidation sites excluding steroid dienone is 2. The number of rotatable bonds is 7. The summed E-state index contributed by atoms with van der Waals surface area (Å²) in [5.74, 6) is -0.264. The highest BCUT2D eigenvalue weighted by molar-refractivity contribution is 5.80. The lowest BCUT2D eigenvalue weighted by molar-refractivity contribution is -0.121. The van der Waals surface area contributed by atoms with Crippen molar-refractivity contribution < 1.29 is 4.79 Å². The molecule has 1 aromatic carbocycles. The first-order valence-electron chi connectivity index (χ1n) is 9.39. The van der Waals surface area contributed by atoms with E-state index in [0.29, 0.717) is 17.6 Å². The molecule has 0 radical (unpaired) electrons. The van der Waals surface area contributed by atoms with E-state index in [9.17, 15) is 14.4 Å². The van der Waals surface area contributed by atoms with E-state index in [-0.39, 0.29) is 19.0 Å². The Morgan fingerprint density at radius 1 is 1.11 bits per heavy atom. The summed E-state index contributed by atoms with van der Waals surface area (Å²) in [6.07, 6.45) is 9.33. The maximum absolute atomic E-state index is 12.5. The summed E-state index contributed by atoms with van der Waals surface area (Å²) >= 11 is 0. The van der Waals surface area contributed by atoms with E-state index in [1.165, 1.54) is 27.5 Å². The summed E-state index contributed by atoms with van der Waals surface area (Å²) in [5.41, 5.74) is 1.22. The van der Waals surface area contributed by atoms with Crippen LogP contribution in [0.4, 0.5) is 0 Å². The normalized spacial score (nSPS) is 14.0. The lowest BCUT2D eigenvalue weighted by atomic mass is 9.97. The van der Waals surface area contributed by atoms with Crippen molar-refractivity contribution in [2.75, 3.05) is 6.54 Å². The molecule has 0 spiro atoms. The van der Waals surface area contributed by atoms with Gasteiger partial charge in [0.2, 0.25) is 5.91 Å². The van der Waals surface area contributed by atoms with Crippen molar-refractivity contribution in [3.63, 3.8) is 0 Å². The van der Waals surface area contributed by atoms with Gasteiger partial charge in [-0.2, -0.15) is 0 Å². The minimum atomic E-state index is -0.694. The van der Waals surface area contributed by atoms with Gasteiger partial charge >= 0.3 is 11.1 Å². The van der Waals surface area contributed by atoms with Crippen LogP contribution in [0.25, 0.3) is 11.0 Å². The number of carbonyl (C=O) groups excluding carboxylic acids is 1. The molecule has 1 aliphatic carbocycles. The number of carbonyl (C=O) groups is 1. The fourth-order valence-electron chi connectivity index (χ4n) is 3.53. The van der Waals surface area contributed by atoms with E-state index in [1.54, 1.807) is 30.3 Å². The molecule has 1 heterocycles. The van der Waals surface area contributed by atoms with Crippen molar-refractivity contribution in [2.45, 2.75) is 45.2 Å². The summed E-state index contributed by atoms with van der Waals surface area (Å²) in [6.45, 7) is 4.27. The number of aromatic nitrogens is 2. The number of nitrogens with one attached hydrogen (secondary N) is 1. The molecule has 0 fully saturated rings. The first kappa shape index (κ1) is 18.9. The van der Waals surface area contributed by atoms with Gasteiger partial charge in [-0.3, -0.25) is 23.5 Å². The molecular formula is C21H25N3O3. The molecule has 1 aliphatic rings. The summed E-state index contributed by atoms with van der Waals surface area (Å²) < 4.78 is 2.64. The third kappa shape index (κ3) is 4.27.